The molecule has 0 atom stereocenters. The Labute approximate surface area is 162 Å². The SMILES string of the molecule is CCNC(=NCC(C)(C)Cc1ccccc1)N1CCC(c2ncn[nH]2)CC1. The number of guanidine groups is 1. The number of hydrogen-bond donors (Lipinski definition) is 2. The van der Waals surface area contributed by atoms with Crippen LogP contribution in [0.4, 0.5) is 0 Å². The van der Waals surface area contributed by atoms with E-state index in [2.05, 4.69) is 76.5 Å². The Morgan fingerprint density at radius 2 is 2.00 bits per heavy atom. The number of benzene rings is 1. The largest absolute Gasteiger partial charge is 0.357 e. The van der Waals surface area contributed by atoms with Crippen molar-refractivity contribution in [1.29, 1.82) is 0 Å². The van der Waals surface area contributed by atoms with Crippen molar-refractivity contribution in [1.82, 2.24) is 25.4 Å². The van der Waals surface area contributed by atoms with Crippen LogP contribution in [0.2, 0.25) is 0 Å². The average molecular weight is 369 g/mol. The van der Waals surface area contributed by atoms with Gasteiger partial charge in [-0.1, -0.05) is 44.2 Å². The minimum absolute atomic E-state index is 0.125. The smallest absolute Gasteiger partial charge is 0.193 e. The molecule has 2 heterocycles. The van der Waals surface area contributed by atoms with Crippen LogP contribution in [0.3, 0.4) is 0 Å². The van der Waals surface area contributed by atoms with Gasteiger partial charge in [0, 0.05) is 32.1 Å². The monoisotopic (exact) mass is 368 g/mol. The molecular weight excluding hydrogens is 336 g/mol. The van der Waals surface area contributed by atoms with E-state index in [1.54, 1.807) is 6.33 Å². The van der Waals surface area contributed by atoms with Gasteiger partial charge in [0.1, 0.15) is 12.2 Å². The maximum absolute atomic E-state index is 4.99. The Kier molecular flexibility index (Phi) is 6.48. The third-order valence-corrected chi connectivity index (χ3v) is 5.13. The van der Waals surface area contributed by atoms with Crippen molar-refractivity contribution in [3.05, 3.63) is 48.0 Å². The van der Waals surface area contributed by atoms with Crippen LogP contribution in [0.25, 0.3) is 0 Å². The van der Waals surface area contributed by atoms with Crippen LogP contribution >= 0.6 is 0 Å². The minimum atomic E-state index is 0.125. The minimum Gasteiger partial charge on any atom is -0.357 e. The number of aliphatic imine (C=N–C) groups is 1. The van der Waals surface area contributed by atoms with E-state index in [0.29, 0.717) is 5.92 Å². The van der Waals surface area contributed by atoms with Crippen molar-refractivity contribution in [2.75, 3.05) is 26.2 Å². The topological polar surface area (TPSA) is 69.2 Å². The van der Waals surface area contributed by atoms with Crippen LogP contribution in [-0.2, 0) is 6.42 Å². The number of hydrogen-bond acceptors (Lipinski definition) is 3. The first-order valence-corrected chi connectivity index (χ1v) is 10.00. The molecule has 0 amide bonds. The van der Waals surface area contributed by atoms with Gasteiger partial charge in [-0.3, -0.25) is 10.1 Å². The van der Waals surface area contributed by atoms with Crippen LogP contribution in [0, 0.1) is 5.41 Å². The van der Waals surface area contributed by atoms with E-state index in [4.69, 9.17) is 4.99 Å². The van der Waals surface area contributed by atoms with E-state index in [1.807, 2.05) is 0 Å². The zero-order valence-corrected chi connectivity index (χ0v) is 16.8. The van der Waals surface area contributed by atoms with E-state index in [1.165, 1.54) is 5.56 Å². The molecule has 27 heavy (non-hydrogen) atoms. The lowest BCUT2D eigenvalue weighted by molar-refractivity contribution is 0.295. The molecular formula is C21H32N6. The van der Waals surface area contributed by atoms with Crippen LogP contribution in [0.15, 0.2) is 41.7 Å². The lowest BCUT2D eigenvalue weighted by atomic mass is 9.86. The summed E-state index contributed by atoms with van der Waals surface area (Å²) in [6.45, 7) is 10.4. The highest BCUT2D eigenvalue weighted by molar-refractivity contribution is 5.80. The molecule has 0 saturated carbocycles. The molecule has 2 N–H and O–H groups in total. The van der Waals surface area contributed by atoms with Crippen LogP contribution in [-0.4, -0.2) is 52.2 Å². The molecule has 1 fully saturated rings. The predicted octanol–water partition coefficient (Wildman–Crippen LogP) is 3.22. The number of aromatic nitrogens is 3. The van der Waals surface area contributed by atoms with Crippen molar-refractivity contribution in [3.8, 4) is 0 Å². The zero-order valence-electron chi connectivity index (χ0n) is 16.8. The summed E-state index contributed by atoms with van der Waals surface area (Å²) in [4.78, 5) is 11.7. The maximum atomic E-state index is 4.99. The second-order valence-corrected chi connectivity index (χ2v) is 8.13. The Morgan fingerprint density at radius 1 is 1.26 bits per heavy atom. The van der Waals surface area contributed by atoms with E-state index in [-0.39, 0.29) is 5.41 Å². The van der Waals surface area contributed by atoms with E-state index < -0.39 is 0 Å². The van der Waals surface area contributed by atoms with Gasteiger partial charge in [-0.15, -0.1) is 0 Å². The van der Waals surface area contributed by atoms with E-state index in [9.17, 15) is 0 Å². The standard InChI is InChI=1S/C21H32N6/c1-4-22-20(23-15-21(2,3)14-17-8-6-5-7-9-17)27-12-10-18(11-13-27)19-24-16-25-26-19/h5-9,16,18H,4,10-15H2,1-3H3,(H,22,23)(H,24,25,26). The summed E-state index contributed by atoms with van der Waals surface area (Å²) in [5, 5.41) is 10.5. The molecule has 6 heteroatoms. The summed E-state index contributed by atoms with van der Waals surface area (Å²) in [6, 6.07) is 10.7. The predicted molar refractivity (Wildman–Crippen MR) is 110 cm³/mol. The summed E-state index contributed by atoms with van der Waals surface area (Å²) in [7, 11) is 0. The third-order valence-electron chi connectivity index (χ3n) is 5.13. The highest BCUT2D eigenvalue weighted by atomic mass is 15.3. The van der Waals surface area contributed by atoms with Gasteiger partial charge >= 0.3 is 0 Å². The van der Waals surface area contributed by atoms with Crippen molar-refractivity contribution >= 4 is 5.96 Å². The molecule has 0 spiro atoms. The van der Waals surface area contributed by atoms with Crippen molar-refractivity contribution in [2.24, 2.45) is 10.4 Å². The lowest BCUT2D eigenvalue weighted by Crippen LogP contribution is -2.45. The average Bonchev–Trinajstić information content (AvgIpc) is 3.20. The molecule has 0 unspecified atom stereocenters. The first kappa shape index (κ1) is 19.4. The van der Waals surface area contributed by atoms with Gasteiger partial charge in [-0.25, -0.2) is 4.98 Å². The molecule has 1 aromatic carbocycles. The molecule has 2 aromatic rings. The number of rotatable bonds is 6. The summed E-state index contributed by atoms with van der Waals surface area (Å²) in [5.74, 6) is 2.52. The molecule has 146 valence electrons. The van der Waals surface area contributed by atoms with Gasteiger partial charge in [-0.2, -0.15) is 5.10 Å². The summed E-state index contributed by atoms with van der Waals surface area (Å²) < 4.78 is 0. The van der Waals surface area contributed by atoms with Crippen LogP contribution < -0.4 is 5.32 Å². The zero-order chi connectivity index (χ0) is 19.1. The number of piperidine rings is 1. The fraction of sp³-hybridized carbons (Fsp3) is 0.571. The molecule has 1 aliphatic rings. The molecule has 0 radical (unpaired) electrons. The Bertz CT molecular complexity index is 700. The first-order chi connectivity index (χ1) is 13.1. The normalized spacial score (nSPS) is 16.6. The van der Waals surface area contributed by atoms with Gasteiger partial charge in [0.2, 0.25) is 0 Å². The fourth-order valence-electron chi connectivity index (χ4n) is 3.70. The van der Waals surface area contributed by atoms with Crippen molar-refractivity contribution in [3.63, 3.8) is 0 Å². The molecule has 0 bridgehead atoms. The Balaban J connectivity index is 1.59. The van der Waals surface area contributed by atoms with Gasteiger partial charge in [-0.05, 0) is 37.2 Å². The van der Waals surface area contributed by atoms with Crippen LogP contribution in [0.5, 0.6) is 0 Å². The third kappa shape index (κ3) is 5.55. The molecule has 1 aromatic heterocycles. The quantitative estimate of drug-likeness (QED) is 0.607. The molecule has 3 rings (SSSR count). The van der Waals surface area contributed by atoms with Crippen molar-refractivity contribution < 1.29 is 0 Å². The van der Waals surface area contributed by atoms with Crippen LogP contribution in [0.1, 0.15) is 50.9 Å². The number of nitrogens with zero attached hydrogens (tertiary/aromatic N) is 4. The first-order valence-electron chi connectivity index (χ1n) is 10.00. The number of likely N-dealkylation sites (tertiary alicyclic amines) is 1. The number of aromatic amines is 1. The van der Waals surface area contributed by atoms with Crippen molar-refractivity contribution in [2.45, 2.75) is 46.0 Å². The van der Waals surface area contributed by atoms with Gasteiger partial charge < -0.3 is 10.2 Å². The highest BCUT2D eigenvalue weighted by Gasteiger charge is 2.25. The van der Waals surface area contributed by atoms with Gasteiger partial charge in [0.15, 0.2) is 5.96 Å². The van der Waals surface area contributed by atoms with E-state index in [0.717, 1.165) is 57.2 Å². The fourth-order valence-corrected chi connectivity index (χ4v) is 3.70. The Morgan fingerprint density at radius 3 is 2.63 bits per heavy atom. The Hall–Kier alpha value is -2.37. The van der Waals surface area contributed by atoms with E-state index >= 15 is 0 Å². The number of nitrogens with one attached hydrogen (secondary N) is 2. The van der Waals surface area contributed by atoms with Gasteiger partial charge in [0.25, 0.3) is 0 Å². The molecule has 0 aliphatic carbocycles. The molecule has 1 aliphatic heterocycles. The second-order valence-electron chi connectivity index (χ2n) is 8.13. The maximum Gasteiger partial charge on any atom is 0.193 e. The summed E-state index contributed by atoms with van der Waals surface area (Å²) >= 11 is 0. The summed E-state index contributed by atoms with van der Waals surface area (Å²) in [5.41, 5.74) is 1.50. The highest BCUT2D eigenvalue weighted by Crippen LogP contribution is 2.26. The lowest BCUT2D eigenvalue weighted by Gasteiger charge is -2.34. The summed E-state index contributed by atoms with van der Waals surface area (Å²) in [6.07, 6.45) is 4.78. The second kappa shape index (κ2) is 9.02. The van der Waals surface area contributed by atoms with Gasteiger partial charge in [0.05, 0.1) is 0 Å². The molecule has 1 saturated heterocycles. The molecule has 6 nitrogen and oxygen atoms in total. The number of H-pyrrole nitrogens is 1.